The number of halogens is 2. The molecule has 0 radical (unpaired) electrons. The van der Waals surface area contributed by atoms with Gasteiger partial charge in [-0.3, -0.25) is 4.79 Å². The lowest BCUT2D eigenvalue weighted by molar-refractivity contribution is 0.102. The second-order valence-electron chi connectivity index (χ2n) is 3.74. The van der Waals surface area contributed by atoms with E-state index >= 15 is 0 Å². The zero-order valence-electron chi connectivity index (χ0n) is 9.58. The van der Waals surface area contributed by atoms with Gasteiger partial charge in [0.25, 0.3) is 5.91 Å². The largest absolute Gasteiger partial charge is 0.307 e. The molecule has 0 spiro atoms. The van der Waals surface area contributed by atoms with Crippen LogP contribution in [-0.2, 0) is 0 Å². The average molecular weight is 265 g/mol. The maximum Gasteiger partial charge on any atom is 0.258 e. The van der Waals surface area contributed by atoms with Gasteiger partial charge in [-0.05, 0) is 37.3 Å². The highest BCUT2D eigenvalue weighted by atomic mass is 35.5. The highest BCUT2D eigenvalue weighted by Gasteiger charge is 2.11. The van der Waals surface area contributed by atoms with Gasteiger partial charge in [-0.1, -0.05) is 17.7 Å². The Hall–Kier alpha value is -1.94. The number of rotatable bonds is 2. The summed E-state index contributed by atoms with van der Waals surface area (Å²) in [5, 5.41) is 2.67. The summed E-state index contributed by atoms with van der Waals surface area (Å²) in [6, 6.07) is 8.89. The molecule has 1 N–H and O–H groups in total. The molecule has 2 rings (SSSR count). The van der Waals surface area contributed by atoms with Crippen molar-refractivity contribution < 1.29 is 9.18 Å². The summed E-state index contributed by atoms with van der Waals surface area (Å²) in [5.41, 5.74) is 0.999. The van der Waals surface area contributed by atoms with E-state index in [0.29, 0.717) is 5.82 Å². The van der Waals surface area contributed by atoms with Crippen LogP contribution in [0.2, 0.25) is 5.02 Å². The van der Waals surface area contributed by atoms with Crippen molar-refractivity contribution in [2.45, 2.75) is 6.92 Å². The summed E-state index contributed by atoms with van der Waals surface area (Å²) < 4.78 is 12.9. The lowest BCUT2D eigenvalue weighted by Crippen LogP contribution is -2.13. The third-order valence-corrected chi connectivity index (χ3v) is 2.62. The number of aromatic nitrogens is 1. The van der Waals surface area contributed by atoms with Crippen molar-refractivity contribution in [1.29, 1.82) is 0 Å². The van der Waals surface area contributed by atoms with Gasteiger partial charge in [0, 0.05) is 5.69 Å². The van der Waals surface area contributed by atoms with Crippen LogP contribution in [-0.4, -0.2) is 10.9 Å². The van der Waals surface area contributed by atoms with E-state index in [9.17, 15) is 9.18 Å². The number of nitrogens with zero attached hydrogens (tertiary/aromatic N) is 1. The second-order valence-corrected chi connectivity index (χ2v) is 4.15. The van der Waals surface area contributed by atoms with E-state index in [2.05, 4.69) is 10.3 Å². The van der Waals surface area contributed by atoms with E-state index in [1.807, 2.05) is 13.0 Å². The van der Waals surface area contributed by atoms with Crippen molar-refractivity contribution in [2.75, 3.05) is 5.32 Å². The van der Waals surface area contributed by atoms with Crippen LogP contribution in [0, 0.1) is 12.7 Å². The van der Waals surface area contributed by atoms with E-state index < -0.39 is 11.7 Å². The van der Waals surface area contributed by atoms with Gasteiger partial charge in [0.15, 0.2) is 0 Å². The summed E-state index contributed by atoms with van der Waals surface area (Å²) in [7, 11) is 0. The first kappa shape index (κ1) is 12.5. The smallest absolute Gasteiger partial charge is 0.258 e. The van der Waals surface area contributed by atoms with Crippen LogP contribution in [0.25, 0.3) is 0 Å². The third-order valence-electron chi connectivity index (χ3n) is 2.31. The number of carbonyl (C=O) groups excluding carboxylic acids is 1. The molecule has 0 saturated heterocycles. The van der Waals surface area contributed by atoms with Crippen LogP contribution in [0.4, 0.5) is 10.2 Å². The van der Waals surface area contributed by atoms with Gasteiger partial charge in [0.1, 0.15) is 11.6 Å². The molecule has 0 aliphatic heterocycles. The molecular weight excluding hydrogens is 255 g/mol. The van der Waals surface area contributed by atoms with Crippen LogP contribution in [0.3, 0.4) is 0 Å². The van der Waals surface area contributed by atoms with Crippen molar-refractivity contribution in [2.24, 2.45) is 0 Å². The van der Waals surface area contributed by atoms with Gasteiger partial charge in [-0.25, -0.2) is 9.37 Å². The molecule has 1 amide bonds. The molecule has 0 aliphatic carbocycles. The minimum absolute atomic E-state index is 0.0696. The molecule has 0 fully saturated rings. The van der Waals surface area contributed by atoms with Gasteiger partial charge in [0.05, 0.1) is 10.6 Å². The molecule has 1 aromatic carbocycles. The molecule has 2 aromatic rings. The van der Waals surface area contributed by atoms with Crippen molar-refractivity contribution in [3.8, 4) is 0 Å². The van der Waals surface area contributed by atoms with Crippen molar-refractivity contribution in [3.63, 3.8) is 0 Å². The Bertz CT molecular complexity index is 601. The molecule has 1 heterocycles. The Kier molecular flexibility index (Phi) is 3.58. The minimum Gasteiger partial charge on any atom is -0.307 e. The molecule has 0 aliphatic rings. The van der Waals surface area contributed by atoms with Crippen LogP contribution in [0.1, 0.15) is 16.1 Å². The molecule has 0 saturated carbocycles. The van der Waals surface area contributed by atoms with Gasteiger partial charge in [-0.15, -0.1) is 0 Å². The number of hydrogen-bond donors (Lipinski definition) is 1. The zero-order valence-corrected chi connectivity index (χ0v) is 10.3. The van der Waals surface area contributed by atoms with Crippen LogP contribution >= 0.6 is 11.6 Å². The van der Waals surface area contributed by atoms with Gasteiger partial charge in [0.2, 0.25) is 0 Å². The number of benzene rings is 1. The molecule has 18 heavy (non-hydrogen) atoms. The summed E-state index contributed by atoms with van der Waals surface area (Å²) >= 11 is 5.80. The molecule has 5 heteroatoms. The van der Waals surface area contributed by atoms with E-state index in [4.69, 9.17) is 11.6 Å². The number of carbonyl (C=O) groups is 1. The molecular formula is C13H10ClFN2O. The molecule has 92 valence electrons. The third kappa shape index (κ3) is 2.84. The normalized spacial score (nSPS) is 10.2. The topological polar surface area (TPSA) is 42.0 Å². The number of anilines is 1. The van der Waals surface area contributed by atoms with Gasteiger partial charge >= 0.3 is 0 Å². The lowest BCUT2D eigenvalue weighted by Gasteiger charge is -2.06. The maximum absolute atomic E-state index is 12.9. The quantitative estimate of drug-likeness (QED) is 0.903. The zero-order chi connectivity index (χ0) is 13.1. The maximum atomic E-state index is 12.9. The highest BCUT2D eigenvalue weighted by Crippen LogP contribution is 2.18. The predicted molar refractivity (Wildman–Crippen MR) is 68.3 cm³/mol. The predicted octanol–water partition coefficient (Wildman–Crippen LogP) is 3.43. The van der Waals surface area contributed by atoms with Crippen LogP contribution in [0.5, 0.6) is 0 Å². The van der Waals surface area contributed by atoms with E-state index in [1.165, 1.54) is 12.1 Å². The number of amides is 1. The van der Waals surface area contributed by atoms with Gasteiger partial charge < -0.3 is 5.32 Å². The van der Waals surface area contributed by atoms with E-state index in [-0.39, 0.29) is 10.6 Å². The van der Waals surface area contributed by atoms with Gasteiger partial charge in [-0.2, -0.15) is 0 Å². The second kappa shape index (κ2) is 5.14. The summed E-state index contributed by atoms with van der Waals surface area (Å²) in [5.74, 6) is -0.469. The van der Waals surface area contributed by atoms with E-state index in [1.54, 1.807) is 12.1 Å². The van der Waals surface area contributed by atoms with E-state index in [0.717, 1.165) is 11.8 Å². The SMILES string of the molecule is Cc1cccc(NC(=O)c2ccc(F)cc2Cl)n1. The Labute approximate surface area is 109 Å². The first-order valence-corrected chi connectivity index (χ1v) is 5.64. The Balaban J connectivity index is 2.22. The summed E-state index contributed by atoms with van der Waals surface area (Å²) in [6.07, 6.45) is 0. The fourth-order valence-corrected chi connectivity index (χ4v) is 1.72. The standard InChI is InChI=1S/C13H10ClFN2O/c1-8-3-2-4-12(16-8)17-13(18)10-6-5-9(15)7-11(10)14/h2-7H,1H3,(H,16,17,18). The molecule has 3 nitrogen and oxygen atoms in total. The Morgan fingerprint density at radius 1 is 1.33 bits per heavy atom. The van der Waals surface area contributed by atoms with Crippen molar-refractivity contribution in [3.05, 3.63) is 58.5 Å². The fraction of sp³-hybridized carbons (Fsp3) is 0.0769. The first-order chi connectivity index (χ1) is 8.56. The minimum atomic E-state index is -0.481. The Morgan fingerprint density at radius 2 is 2.11 bits per heavy atom. The Morgan fingerprint density at radius 3 is 2.78 bits per heavy atom. The van der Waals surface area contributed by atoms with Crippen molar-refractivity contribution >= 4 is 23.3 Å². The highest BCUT2D eigenvalue weighted by molar-refractivity contribution is 6.34. The molecule has 0 bridgehead atoms. The lowest BCUT2D eigenvalue weighted by atomic mass is 10.2. The van der Waals surface area contributed by atoms with Crippen molar-refractivity contribution in [1.82, 2.24) is 4.98 Å². The first-order valence-electron chi connectivity index (χ1n) is 5.26. The number of nitrogens with one attached hydrogen (secondary N) is 1. The molecule has 0 atom stereocenters. The summed E-state index contributed by atoms with van der Waals surface area (Å²) in [4.78, 5) is 16.0. The fourth-order valence-electron chi connectivity index (χ4n) is 1.47. The monoisotopic (exact) mass is 264 g/mol. The number of aryl methyl sites for hydroxylation is 1. The summed E-state index contributed by atoms with van der Waals surface area (Å²) in [6.45, 7) is 1.82. The number of pyridine rings is 1. The van der Waals surface area contributed by atoms with Crippen LogP contribution < -0.4 is 5.32 Å². The average Bonchev–Trinajstić information content (AvgIpc) is 2.28. The number of hydrogen-bond acceptors (Lipinski definition) is 2. The van der Waals surface area contributed by atoms with Crippen LogP contribution in [0.15, 0.2) is 36.4 Å². The molecule has 0 unspecified atom stereocenters. The molecule has 1 aromatic heterocycles.